The van der Waals surface area contributed by atoms with E-state index in [0.717, 1.165) is 16.8 Å². The predicted octanol–water partition coefficient (Wildman–Crippen LogP) is 4.67. The van der Waals surface area contributed by atoms with Crippen LogP contribution in [-0.2, 0) is 17.8 Å². The van der Waals surface area contributed by atoms with Gasteiger partial charge >= 0.3 is 0 Å². The molecule has 4 nitrogen and oxygen atoms in total. The zero-order valence-corrected chi connectivity index (χ0v) is 15.8. The topological polar surface area (TPSA) is 46.9 Å². The van der Waals surface area contributed by atoms with Gasteiger partial charge in [-0.3, -0.25) is 4.79 Å². The molecule has 0 saturated heterocycles. The second-order valence-corrected chi connectivity index (χ2v) is 7.04. The molecule has 1 N–H and O–H groups in total. The molecule has 0 aliphatic heterocycles. The fraction of sp³-hybridized carbons (Fsp3) is 0.200. The zero-order chi connectivity index (χ0) is 18.5. The van der Waals surface area contributed by atoms with E-state index in [1.54, 1.807) is 24.7 Å². The van der Waals surface area contributed by atoms with Crippen molar-refractivity contribution in [2.45, 2.75) is 19.9 Å². The van der Waals surface area contributed by atoms with Gasteiger partial charge in [0.2, 0.25) is 5.91 Å². The van der Waals surface area contributed by atoms with E-state index in [4.69, 9.17) is 23.2 Å². The Morgan fingerprint density at radius 2 is 1.96 bits per heavy atom. The molecule has 134 valence electrons. The highest BCUT2D eigenvalue weighted by Crippen LogP contribution is 2.23. The molecule has 1 aromatic heterocycles. The number of nitrogens with one attached hydrogen (secondary N) is 1. The minimum Gasteiger partial charge on any atom is -0.352 e. The first-order chi connectivity index (χ1) is 12.5. The van der Waals surface area contributed by atoms with Crippen LogP contribution in [0.25, 0.3) is 5.69 Å². The summed E-state index contributed by atoms with van der Waals surface area (Å²) in [6.07, 6.45) is 5.95. The largest absolute Gasteiger partial charge is 0.352 e. The number of carbonyl (C=O) groups excluding carboxylic acids is 1. The van der Waals surface area contributed by atoms with Crippen LogP contribution in [0, 0.1) is 5.92 Å². The predicted molar refractivity (Wildman–Crippen MR) is 105 cm³/mol. The summed E-state index contributed by atoms with van der Waals surface area (Å²) < 4.78 is 1.93. The number of carbonyl (C=O) groups is 1. The SMILES string of the molecule is CC(Cc1ccc(Cl)cc1Cl)C(=O)NCc1ccc(-n2ccnc2)cc1. The Morgan fingerprint density at radius 3 is 2.62 bits per heavy atom. The van der Waals surface area contributed by atoms with E-state index in [1.165, 1.54) is 0 Å². The van der Waals surface area contributed by atoms with Crippen LogP contribution in [0.2, 0.25) is 10.0 Å². The van der Waals surface area contributed by atoms with E-state index in [9.17, 15) is 4.79 Å². The van der Waals surface area contributed by atoms with Gasteiger partial charge in [-0.15, -0.1) is 0 Å². The Balaban J connectivity index is 1.54. The molecule has 1 atom stereocenters. The molecule has 3 rings (SSSR count). The van der Waals surface area contributed by atoms with Gasteiger partial charge in [-0.25, -0.2) is 4.98 Å². The highest BCUT2D eigenvalue weighted by atomic mass is 35.5. The highest BCUT2D eigenvalue weighted by Gasteiger charge is 2.15. The summed E-state index contributed by atoms with van der Waals surface area (Å²) in [5.74, 6) is -0.186. The van der Waals surface area contributed by atoms with Crippen LogP contribution in [0.4, 0.5) is 0 Å². The standard InChI is InChI=1S/C20H19Cl2N3O/c1-14(10-16-4-5-17(21)11-19(16)22)20(26)24-12-15-2-6-18(7-3-15)25-9-8-23-13-25/h2-9,11,13-14H,10,12H2,1H3,(H,24,26). The van der Waals surface area contributed by atoms with Crippen LogP contribution in [0.15, 0.2) is 61.2 Å². The molecule has 3 aromatic rings. The third-order valence-corrected chi connectivity index (χ3v) is 4.78. The average Bonchev–Trinajstić information content (AvgIpc) is 3.17. The maximum Gasteiger partial charge on any atom is 0.223 e. The maximum atomic E-state index is 12.4. The molecule has 0 spiro atoms. The average molecular weight is 388 g/mol. The first-order valence-corrected chi connectivity index (χ1v) is 9.07. The maximum absolute atomic E-state index is 12.4. The number of nitrogens with zero attached hydrogens (tertiary/aromatic N) is 2. The lowest BCUT2D eigenvalue weighted by Crippen LogP contribution is -2.29. The summed E-state index contributed by atoms with van der Waals surface area (Å²) in [7, 11) is 0. The molecule has 0 fully saturated rings. The summed E-state index contributed by atoms with van der Waals surface area (Å²) in [5.41, 5.74) is 2.99. The number of rotatable bonds is 6. The molecule has 0 bridgehead atoms. The number of imidazole rings is 1. The molecule has 6 heteroatoms. The normalized spacial score (nSPS) is 12.0. The molecule has 1 heterocycles. The van der Waals surface area contributed by atoms with Gasteiger partial charge in [-0.2, -0.15) is 0 Å². The Morgan fingerprint density at radius 1 is 1.19 bits per heavy atom. The van der Waals surface area contributed by atoms with Crippen LogP contribution < -0.4 is 5.32 Å². The first-order valence-electron chi connectivity index (χ1n) is 8.32. The van der Waals surface area contributed by atoms with E-state index in [2.05, 4.69) is 10.3 Å². The Labute approximate surface area is 162 Å². The van der Waals surface area contributed by atoms with Crippen molar-refractivity contribution < 1.29 is 4.79 Å². The quantitative estimate of drug-likeness (QED) is 0.667. The number of aromatic nitrogens is 2. The van der Waals surface area contributed by atoms with Crippen LogP contribution in [0.1, 0.15) is 18.1 Å². The van der Waals surface area contributed by atoms with Crippen molar-refractivity contribution in [3.8, 4) is 5.69 Å². The first kappa shape index (κ1) is 18.5. The number of hydrogen-bond acceptors (Lipinski definition) is 2. The van der Waals surface area contributed by atoms with Gasteiger partial charge in [0.15, 0.2) is 0 Å². The van der Waals surface area contributed by atoms with E-state index in [0.29, 0.717) is 23.0 Å². The molecule has 0 radical (unpaired) electrons. The molecule has 2 aromatic carbocycles. The summed E-state index contributed by atoms with van der Waals surface area (Å²) >= 11 is 12.1. The van der Waals surface area contributed by atoms with Gasteiger partial charge in [0.05, 0.1) is 6.33 Å². The molecule has 0 aliphatic rings. The number of hydrogen-bond donors (Lipinski definition) is 1. The number of benzene rings is 2. The van der Waals surface area contributed by atoms with E-state index in [1.807, 2.05) is 48.0 Å². The smallest absolute Gasteiger partial charge is 0.223 e. The number of amides is 1. The van der Waals surface area contributed by atoms with Gasteiger partial charge in [0.1, 0.15) is 0 Å². The van der Waals surface area contributed by atoms with Gasteiger partial charge in [0, 0.05) is 40.6 Å². The molecule has 0 aliphatic carbocycles. The zero-order valence-electron chi connectivity index (χ0n) is 14.3. The van der Waals surface area contributed by atoms with Gasteiger partial charge < -0.3 is 9.88 Å². The van der Waals surface area contributed by atoms with Crippen LogP contribution in [0.3, 0.4) is 0 Å². The minimum absolute atomic E-state index is 0.00490. The van der Waals surface area contributed by atoms with Crippen molar-refractivity contribution in [3.05, 3.63) is 82.4 Å². The summed E-state index contributed by atoms with van der Waals surface area (Å²) in [6.45, 7) is 2.38. The lowest BCUT2D eigenvalue weighted by atomic mass is 10.00. The highest BCUT2D eigenvalue weighted by molar-refractivity contribution is 6.35. The summed E-state index contributed by atoms with van der Waals surface area (Å²) in [6, 6.07) is 13.3. The number of halogens is 2. The van der Waals surface area contributed by atoms with Crippen molar-refractivity contribution in [1.82, 2.24) is 14.9 Å². The Bertz CT molecular complexity index is 877. The van der Waals surface area contributed by atoms with Crippen molar-refractivity contribution in [1.29, 1.82) is 0 Å². The third-order valence-electron chi connectivity index (χ3n) is 4.19. The van der Waals surface area contributed by atoms with E-state index >= 15 is 0 Å². The fourth-order valence-corrected chi connectivity index (χ4v) is 3.16. The van der Waals surface area contributed by atoms with E-state index in [-0.39, 0.29) is 11.8 Å². The van der Waals surface area contributed by atoms with Crippen molar-refractivity contribution in [3.63, 3.8) is 0 Å². The van der Waals surface area contributed by atoms with Crippen molar-refractivity contribution in [2.24, 2.45) is 5.92 Å². The summed E-state index contributed by atoms with van der Waals surface area (Å²) in [5, 5.41) is 4.16. The second-order valence-electron chi connectivity index (χ2n) is 6.20. The van der Waals surface area contributed by atoms with Gasteiger partial charge in [-0.05, 0) is 41.8 Å². The van der Waals surface area contributed by atoms with Gasteiger partial charge in [0.25, 0.3) is 0 Å². The van der Waals surface area contributed by atoms with Crippen LogP contribution in [-0.4, -0.2) is 15.5 Å². The lowest BCUT2D eigenvalue weighted by molar-refractivity contribution is -0.124. The molecule has 26 heavy (non-hydrogen) atoms. The lowest BCUT2D eigenvalue weighted by Gasteiger charge is -2.14. The minimum atomic E-state index is -0.182. The fourth-order valence-electron chi connectivity index (χ4n) is 2.67. The molecular formula is C20H19Cl2N3O. The molecule has 1 amide bonds. The monoisotopic (exact) mass is 387 g/mol. The molecule has 1 unspecified atom stereocenters. The van der Waals surface area contributed by atoms with E-state index < -0.39 is 0 Å². The van der Waals surface area contributed by atoms with Crippen LogP contribution >= 0.6 is 23.2 Å². The van der Waals surface area contributed by atoms with Crippen LogP contribution in [0.5, 0.6) is 0 Å². The molecule has 0 saturated carbocycles. The second kappa shape index (κ2) is 8.39. The molecular weight excluding hydrogens is 369 g/mol. The van der Waals surface area contributed by atoms with Gasteiger partial charge in [-0.1, -0.05) is 48.3 Å². The third kappa shape index (κ3) is 4.65. The summed E-state index contributed by atoms with van der Waals surface area (Å²) in [4.78, 5) is 16.4. The Kier molecular flexibility index (Phi) is 5.96. The van der Waals surface area contributed by atoms with Crippen molar-refractivity contribution in [2.75, 3.05) is 0 Å². The van der Waals surface area contributed by atoms with Crippen molar-refractivity contribution >= 4 is 29.1 Å². The Hall–Kier alpha value is -2.30.